The van der Waals surface area contributed by atoms with Crippen LogP contribution in [0.2, 0.25) is 0 Å². The molecule has 0 amide bonds. The van der Waals surface area contributed by atoms with Crippen molar-refractivity contribution in [1.82, 2.24) is 0 Å². The van der Waals surface area contributed by atoms with Gasteiger partial charge in [0.2, 0.25) is 0 Å². The standard InChI is InChI=1S/C3H4S.Bi/c1-2-3-4;/h1-4H;/q;+1/p-1. The third-order valence-corrected chi connectivity index (χ3v) is 5.80. The zero-order chi connectivity index (χ0) is 3.54. The van der Waals surface area contributed by atoms with Gasteiger partial charge < -0.3 is 0 Å². The summed E-state index contributed by atoms with van der Waals surface area (Å²) in [5.41, 5.74) is 0. The molecule has 0 aromatic carbocycles. The molecule has 0 aromatic rings. The summed E-state index contributed by atoms with van der Waals surface area (Å²) in [4.78, 5) is 0. The van der Waals surface area contributed by atoms with Gasteiger partial charge in [0.05, 0.1) is 0 Å². The van der Waals surface area contributed by atoms with Crippen LogP contribution in [0.4, 0.5) is 0 Å². The van der Waals surface area contributed by atoms with E-state index in [4.69, 9.17) is 0 Å². The third kappa shape index (κ3) is 1.15. The molecule has 0 fully saturated rings. The van der Waals surface area contributed by atoms with Crippen LogP contribution in [0.15, 0.2) is 11.5 Å². The molecule has 0 spiro atoms. The Bertz CT molecular complexity index is 65.0. The Balaban J connectivity index is 2.61. The van der Waals surface area contributed by atoms with Crippen molar-refractivity contribution < 1.29 is 0 Å². The van der Waals surface area contributed by atoms with Crippen LogP contribution >= 0.6 is 8.52 Å². The molecule has 0 radical (unpaired) electrons. The van der Waals surface area contributed by atoms with Crippen molar-refractivity contribution in [3.05, 3.63) is 11.5 Å². The summed E-state index contributed by atoms with van der Waals surface area (Å²) < 4.78 is 2.32. The van der Waals surface area contributed by atoms with Gasteiger partial charge in [-0.25, -0.2) is 0 Å². The minimum atomic E-state index is -0.0633. The normalized spacial score (nSPS) is 17.6. The van der Waals surface area contributed by atoms with E-state index in [2.05, 4.69) is 15.2 Å². The van der Waals surface area contributed by atoms with Gasteiger partial charge >= 0.3 is 45.0 Å². The van der Waals surface area contributed by atoms with Crippen molar-refractivity contribution in [1.29, 1.82) is 0 Å². The van der Waals surface area contributed by atoms with Crippen molar-refractivity contribution >= 4 is 33.5 Å². The van der Waals surface area contributed by atoms with Crippen LogP contribution in [-0.2, 0) is 0 Å². The molecule has 1 heterocycles. The maximum absolute atomic E-state index is 2.32. The van der Waals surface area contributed by atoms with Crippen molar-refractivity contribution in [3.8, 4) is 0 Å². The maximum atomic E-state index is 2.32. The van der Waals surface area contributed by atoms with Crippen LogP contribution in [0.3, 0.4) is 0 Å². The summed E-state index contributed by atoms with van der Waals surface area (Å²) in [6.07, 6.45) is 2.15. The fourth-order valence-corrected chi connectivity index (χ4v) is 4.62. The first-order valence-electron chi connectivity index (χ1n) is 1.34. The van der Waals surface area contributed by atoms with E-state index in [9.17, 15) is 0 Å². The second-order valence-corrected chi connectivity index (χ2v) is 7.46. The summed E-state index contributed by atoms with van der Waals surface area (Å²) in [7, 11) is 2.02. The monoisotopic (exact) mass is 280 g/mol. The Morgan fingerprint density at radius 2 is 2.60 bits per heavy atom. The Labute approximate surface area is 44.9 Å². The number of rotatable bonds is 0. The quantitative estimate of drug-likeness (QED) is 0.588. The zero-order valence-electron chi connectivity index (χ0n) is 2.59. The SMILES string of the molecule is C1=C[S][Bi]=[CH]1. The van der Waals surface area contributed by atoms with Crippen LogP contribution in [0.5, 0.6) is 0 Å². The van der Waals surface area contributed by atoms with Crippen molar-refractivity contribution in [2.75, 3.05) is 0 Å². The van der Waals surface area contributed by atoms with E-state index in [1.165, 1.54) is 0 Å². The van der Waals surface area contributed by atoms with Gasteiger partial charge in [-0.15, -0.1) is 0 Å². The number of hydrogen-bond donors (Lipinski definition) is 0. The topological polar surface area (TPSA) is 0 Å². The molecule has 26 valence electrons. The van der Waals surface area contributed by atoms with Crippen LogP contribution in [-0.4, -0.2) is 25.0 Å². The van der Waals surface area contributed by atoms with Crippen molar-refractivity contribution in [3.63, 3.8) is 0 Å². The summed E-state index contributed by atoms with van der Waals surface area (Å²) >= 11 is -0.0633. The summed E-state index contributed by atoms with van der Waals surface area (Å²) in [6, 6.07) is 0. The van der Waals surface area contributed by atoms with Crippen LogP contribution in [0, 0.1) is 0 Å². The summed E-state index contributed by atoms with van der Waals surface area (Å²) in [5, 5.41) is 2.18. The molecule has 0 nitrogen and oxygen atoms in total. The minimum absolute atomic E-state index is 0.0633. The van der Waals surface area contributed by atoms with Gasteiger partial charge in [0.15, 0.2) is 0 Å². The molecular weight excluding hydrogens is 277 g/mol. The van der Waals surface area contributed by atoms with E-state index < -0.39 is 0 Å². The van der Waals surface area contributed by atoms with E-state index in [1.54, 1.807) is 0 Å². The second kappa shape index (κ2) is 2.10. The van der Waals surface area contributed by atoms with E-state index in [-0.39, 0.29) is 21.3 Å². The molecule has 2 heteroatoms. The Hall–Kier alpha value is 0.843. The molecule has 0 atom stereocenters. The fraction of sp³-hybridized carbons (Fsp3) is 0. The van der Waals surface area contributed by atoms with E-state index in [0.717, 1.165) is 0 Å². The van der Waals surface area contributed by atoms with Gasteiger partial charge in [-0.1, -0.05) is 0 Å². The molecule has 1 rings (SSSR count). The molecule has 0 N–H and O–H groups in total. The van der Waals surface area contributed by atoms with Gasteiger partial charge in [-0.05, 0) is 0 Å². The second-order valence-electron chi connectivity index (χ2n) is 0.688. The molecule has 0 saturated carbocycles. The van der Waals surface area contributed by atoms with E-state index >= 15 is 0 Å². The van der Waals surface area contributed by atoms with Gasteiger partial charge in [0.1, 0.15) is 0 Å². The summed E-state index contributed by atoms with van der Waals surface area (Å²) in [6.45, 7) is 0. The first-order chi connectivity index (χ1) is 2.50. The molecule has 0 aromatic heterocycles. The number of hydrogen-bond acceptors (Lipinski definition) is 1. The average Bonchev–Trinajstić information content (AvgIpc) is 1.76. The first kappa shape index (κ1) is 4.01. The van der Waals surface area contributed by atoms with E-state index in [1.807, 2.05) is 8.52 Å². The van der Waals surface area contributed by atoms with E-state index in [0.29, 0.717) is 0 Å². The molecule has 1 aliphatic heterocycles. The average molecular weight is 280 g/mol. The van der Waals surface area contributed by atoms with Gasteiger partial charge in [-0.2, -0.15) is 0 Å². The fourth-order valence-electron chi connectivity index (χ4n) is 0.176. The molecule has 0 unspecified atom stereocenters. The van der Waals surface area contributed by atoms with Crippen LogP contribution in [0.1, 0.15) is 0 Å². The van der Waals surface area contributed by atoms with Crippen molar-refractivity contribution in [2.24, 2.45) is 0 Å². The Morgan fingerprint density at radius 1 is 1.60 bits per heavy atom. The predicted molar refractivity (Wildman–Crippen MR) is 28.5 cm³/mol. The Kier molecular flexibility index (Phi) is 1.68. The zero-order valence-corrected chi connectivity index (χ0v) is 6.88. The summed E-state index contributed by atoms with van der Waals surface area (Å²) in [5.74, 6) is 0. The first-order valence-corrected chi connectivity index (χ1v) is 8.45. The van der Waals surface area contributed by atoms with Crippen LogP contribution < -0.4 is 0 Å². The van der Waals surface area contributed by atoms with Gasteiger partial charge in [-0.3, -0.25) is 0 Å². The predicted octanol–water partition coefficient (Wildman–Crippen LogP) is 0.668. The van der Waals surface area contributed by atoms with Gasteiger partial charge in [0, 0.05) is 0 Å². The van der Waals surface area contributed by atoms with Crippen molar-refractivity contribution in [2.45, 2.75) is 0 Å². The molecule has 0 bridgehead atoms. The third-order valence-electron chi connectivity index (χ3n) is 0.347. The molecule has 1 aliphatic rings. The molecule has 0 aliphatic carbocycles. The van der Waals surface area contributed by atoms with Gasteiger partial charge in [0.25, 0.3) is 0 Å². The number of allylic oxidation sites excluding steroid dienone is 1. The van der Waals surface area contributed by atoms with Crippen LogP contribution in [0.25, 0.3) is 0 Å². The molecule has 0 saturated heterocycles. The molecular formula is C3H3BiS. The Morgan fingerprint density at radius 3 is 2.80 bits per heavy atom. The molecule has 5 heavy (non-hydrogen) atoms.